The van der Waals surface area contributed by atoms with Crippen molar-refractivity contribution in [1.29, 1.82) is 0 Å². The van der Waals surface area contributed by atoms with Crippen molar-refractivity contribution in [2.45, 2.75) is 18.8 Å². The molecule has 9 nitrogen and oxygen atoms in total. The van der Waals surface area contributed by atoms with Gasteiger partial charge in [0.25, 0.3) is 5.89 Å². The lowest BCUT2D eigenvalue weighted by Crippen LogP contribution is -2.41. The van der Waals surface area contributed by atoms with Crippen LogP contribution in [0, 0.1) is 0 Å². The number of benzene rings is 1. The van der Waals surface area contributed by atoms with Gasteiger partial charge in [-0.1, -0.05) is 29.4 Å². The van der Waals surface area contributed by atoms with Crippen molar-refractivity contribution in [2.24, 2.45) is 4.99 Å². The molecule has 1 unspecified atom stereocenters. The van der Waals surface area contributed by atoms with E-state index < -0.39 is 0 Å². The van der Waals surface area contributed by atoms with Gasteiger partial charge < -0.3 is 20.5 Å². The third-order valence-corrected chi connectivity index (χ3v) is 4.84. The van der Waals surface area contributed by atoms with Crippen molar-refractivity contribution in [3.05, 3.63) is 60.0 Å². The predicted molar refractivity (Wildman–Crippen MR) is 128 cm³/mol. The number of hydrogen-bond acceptors (Lipinski definition) is 6. The molecule has 162 valence electrons. The van der Waals surface area contributed by atoms with Crippen molar-refractivity contribution in [1.82, 2.24) is 25.8 Å². The molecule has 3 aromatic rings. The van der Waals surface area contributed by atoms with Gasteiger partial charge in [0.15, 0.2) is 11.8 Å². The Hall–Kier alpha value is -3.02. The van der Waals surface area contributed by atoms with Crippen LogP contribution in [0.1, 0.15) is 23.7 Å². The number of hydrogen-bond donors (Lipinski definition) is 3. The van der Waals surface area contributed by atoms with Crippen molar-refractivity contribution in [3.63, 3.8) is 0 Å². The standard InChI is InChI=1S/C21H23N7O2.HI/c1-22-21(25-13-14-12-19(29)26-16-7-3-2-6-15(14)16)24-11-9-18-27-20(30-28-18)17-8-4-5-10-23-17;/h2-8,10,14H,9,11-13H2,1H3,(H,26,29)(H2,22,24,25);1H. The van der Waals surface area contributed by atoms with Gasteiger partial charge in [-0.15, -0.1) is 24.0 Å². The minimum absolute atomic E-state index is 0. The van der Waals surface area contributed by atoms with Crippen LogP contribution in [0.15, 0.2) is 58.2 Å². The van der Waals surface area contributed by atoms with E-state index in [1.807, 2.05) is 42.5 Å². The molecular formula is C21H24IN7O2. The van der Waals surface area contributed by atoms with E-state index in [4.69, 9.17) is 4.52 Å². The average molecular weight is 533 g/mol. The fraction of sp³-hybridized carbons (Fsp3) is 0.286. The first-order valence-corrected chi connectivity index (χ1v) is 9.80. The van der Waals surface area contributed by atoms with Gasteiger partial charge in [-0.25, -0.2) is 0 Å². The smallest absolute Gasteiger partial charge is 0.276 e. The van der Waals surface area contributed by atoms with E-state index in [1.165, 1.54) is 0 Å². The number of carbonyl (C=O) groups excluding carboxylic acids is 1. The van der Waals surface area contributed by atoms with Crippen LogP contribution in [0.4, 0.5) is 5.69 Å². The van der Waals surface area contributed by atoms with E-state index in [9.17, 15) is 4.79 Å². The molecule has 10 heteroatoms. The van der Waals surface area contributed by atoms with Crippen LogP contribution in [0.5, 0.6) is 0 Å². The van der Waals surface area contributed by atoms with E-state index in [0.717, 1.165) is 11.3 Å². The molecule has 2 aromatic heterocycles. The highest BCUT2D eigenvalue weighted by molar-refractivity contribution is 14.0. The molecule has 0 saturated carbocycles. The van der Waals surface area contributed by atoms with Gasteiger partial charge in [0, 0.05) is 50.8 Å². The zero-order chi connectivity index (χ0) is 20.8. The fourth-order valence-corrected chi connectivity index (χ4v) is 3.37. The number of aliphatic imine (C=N–C) groups is 1. The number of guanidine groups is 1. The van der Waals surface area contributed by atoms with Gasteiger partial charge in [0.05, 0.1) is 0 Å². The van der Waals surface area contributed by atoms with E-state index in [2.05, 4.69) is 36.1 Å². The first kappa shape index (κ1) is 22.7. The zero-order valence-electron chi connectivity index (χ0n) is 17.0. The number of amides is 1. The van der Waals surface area contributed by atoms with Crippen LogP contribution in [0.3, 0.4) is 0 Å². The molecule has 31 heavy (non-hydrogen) atoms. The van der Waals surface area contributed by atoms with Crippen molar-refractivity contribution in [2.75, 3.05) is 25.5 Å². The molecule has 3 N–H and O–H groups in total. The van der Waals surface area contributed by atoms with Crippen molar-refractivity contribution in [3.8, 4) is 11.6 Å². The van der Waals surface area contributed by atoms with E-state index in [-0.39, 0.29) is 35.8 Å². The number of fused-ring (bicyclic) bond motifs is 1. The molecule has 1 atom stereocenters. The number of rotatable bonds is 6. The summed E-state index contributed by atoms with van der Waals surface area (Å²) in [7, 11) is 1.71. The second-order valence-corrected chi connectivity index (χ2v) is 6.90. The highest BCUT2D eigenvalue weighted by Crippen LogP contribution is 2.31. The Bertz CT molecular complexity index is 1040. The van der Waals surface area contributed by atoms with E-state index in [0.29, 0.717) is 49.3 Å². The van der Waals surface area contributed by atoms with Gasteiger partial charge in [0.2, 0.25) is 5.91 Å². The minimum atomic E-state index is 0. The number of aromatic nitrogens is 3. The Morgan fingerprint density at radius 1 is 1.23 bits per heavy atom. The summed E-state index contributed by atoms with van der Waals surface area (Å²) in [5.41, 5.74) is 2.66. The summed E-state index contributed by atoms with van der Waals surface area (Å²) in [6.07, 6.45) is 2.70. The van der Waals surface area contributed by atoms with Gasteiger partial charge >= 0.3 is 0 Å². The number of nitrogens with one attached hydrogen (secondary N) is 3. The van der Waals surface area contributed by atoms with E-state index in [1.54, 1.807) is 13.2 Å². The first-order chi connectivity index (χ1) is 14.7. The topological polar surface area (TPSA) is 117 Å². The molecule has 0 bridgehead atoms. The number of anilines is 1. The summed E-state index contributed by atoms with van der Waals surface area (Å²) in [5, 5.41) is 13.5. The van der Waals surface area contributed by atoms with Gasteiger partial charge in [-0.05, 0) is 23.8 Å². The minimum Gasteiger partial charge on any atom is -0.356 e. The van der Waals surface area contributed by atoms with Gasteiger partial charge in [-0.2, -0.15) is 4.98 Å². The quantitative estimate of drug-likeness (QED) is 0.253. The number of nitrogens with zero attached hydrogens (tertiary/aromatic N) is 4. The second kappa shape index (κ2) is 10.8. The molecule has 1 aliphatic heterocycles. The molecule has 3 heterocycles. The highest BCUT2D eigenvalue weighted by Gasteiger charge is 2.24. The Kier molecular flexibility index (Phi) is 7.93. The zero-order valence-corrected chi connectivity index (χ0v) is 19.4. The molecule has 0 radical (unpaired) electrons. The Balaban J connectivity index is 0.00000272. The summed E-state index contributed by atoms with van der Waals surface area (Å²) < 4.78 is 5.27. The largest absolute Gasteiger partial charge is 0.356 e. The summed E-state index contributed by atoms with van der Waals surface area (Å²) in [5.74, 6) is 1.78. The normalized spacial score (nSPS) is 15.5. The molecule has 1 amide bonds. The number of halogens is 1. The molecule has 1 aliphatic rings. The fourth-order valence-electron chi connectivity index (χ4n) is 3.37. The van der Waals surface area contributed by atoms with Crippen LogP contribution >= 0.6 is 24.0 Å². The Labute approximate surface area is 197 Å². The maximum absolute atomic E-state index is 12.0. The third-order valence-electron chi connectivity index (χ3n) is 4.84. The number of para-hydroxylation sites is 1. The summed E-state index contributed by atoms with van der Waals surface area (Å²) in [4.78, 5) is 24.8. The lowest BCUT2D eigenvalue weighted by molar-refractivity contribution is -0.116. The lowest BCUT2D eigenvalue weighted by atomic mass is 9.90. The summed E-state index contributed by atoms with van der Waals surface area (Å²) in [6.45, 7) is 1.19. The molecule has 0 spiro atoms. The number of pyridine rings is 1. The first-order valence-electron chi connectivity index (χ1n) is 9.80. The van der Waals surface area contributed by atoms with Crippen LogP contribution < -0.4 is 16.0 Å². The van der Waals surface area contributed by atoms with Gasteiger partial charge in [-0.3, -0.25) is 14.8 Å². The molecular weight excluding hydrogens is 509 g/mol. The van der Waals surface area contributed by atoms with Crippen LogP contribution in [0.2, 0.25) is 0 Å². The SMILES string of the molecule is CN=C(NCCc1noc(-c2ccccn2)n1)NCC1CC(=O)Nc2ccccc21.I. The molecule has 4 rings (SSSR count). The summed E-state index contributed by atoms with van der Waals surface area (Å²) in [6, 6.07) is 13.4. The maximum Gasteiger partial charge on any atom is 0.276 e. The average Bonchev–Trinajstić information content (AvgIpc) is 3.25. The second-order valence-electron chi connectivity index (χ2n) is 6.90. The van der Waals surface area contributed by atoms with Gasteiger partial charge in [0.1, 0.15) is 5.69 Å². The molecule has 0 fully saturated rings. The highest BCUT2D eigenvalue weighted by atomic mass is 127. The lowest BCUT2D eigenvalue weighted by Gasteiger charge is -2.26. The van der Waals surface area contributed by atoms with Crippen LogP contribution in [-0.4, -0.2) is 47.1 Å². The Morgan fingerprint density at radius 3 is 2.87 bits per heavy atom. The predicted octanol–water partition coefficient (Wildman–Crippen LogP) is 2.58. The molecule has 0 aliphatic carbocycles. The van der Waals surface area contributed by atoms with Crippen LogP contribution in [-0.2, 0) is 11.2 Å². The van der Waals surface area contributed by atoms with E-state index >= 15 is 0 Å². The monoisotopic (exact) mass is 533 g/mol. The molecule has 1 aromatic carbocycles. The van der Waals surface area contributed by atoms with Crippen LogP contribution in [0.25, 0.3) is 11.6 Å². The third kappa shape index (κ3) is 5.78. The Morgan fingerprint density at radius 2 is 2.06 bits per heavy atom. The summed E-state index contributed by atoms with van der Waals surface area (Å²) >= 11 is 0. The van der Waals surface area contributed by atoms with Crippen molar-refractivity contribution < 1.29 is 9.32 Å². The molecule has 0 saturated heterocycles. The van der Waals surface area contributed by atoms with Crippen molar-refractivity contribution >= 4 is 41.5 Å². The maximum atomic E-state index is 12.0. The number of carbonyl (C=O) groups is 1.